The molecule has 3 aromatic carbocycles. The predicted octanol–water partition coefficient (Wildman–Crippen LogP) is 4.37. The van der Waals surface area contributed by atoms with Gasteiger partial charge in [0.05, 0.1) is 17.7 Å². The van der Waals surface area contributed by atoms with Crippen molar-refractivity contribution >= 4 is 38.2 Å². The maximum absolute atomic E-state index is 12.7. The van der Waals surface area contributed by atoms with Crippen molar-refractivity contribution in [3.05, 3.63) is 60.7 Å². The molecule has 0 saturated carbocycles. The average molecular weight is 359 g/mol. The van der Waals surface area contributed by atoms with Crippen molar-refractivity contribution < 1.29 is 13.2 Å². The summed E-state index contributed by atoms with van der Waals surface area (Å²) in [6.45, 7) is 0. The molecule has 0 unspecified atom stereocenters. The number of thioether (sulfide) groups is 1. The Bertz CT molecular complexity index is 984. The third kappa shape index (κ3) is 3.34. The molecule has 0 aliphatic rings. The normalized spacial score (nSPS) is 11.4. The molecule has 0 bridgehead atoms. The average Bonchev–Trinajstić information content (AvgIpc) is 2.61. The van der Waals surface area contributed by atoms with Gasteiger partial charge in [-0.3, -0.25) is 4.72 Å². The van der Waals surface area contributed by atoms with Crippen LogP contribution in [0.4, 0.5) is 5.69 Å². The number of hydrogen-bond donors (Lipinski definition) is 1. The summed E-state index contributed by atoms with van der Waals surface area (Å²) in [4.78, 5) is 1.11. The SMILES string of the molecule is COc1ccc2cc(S(=O)(=O)Nc3ccccc3SC)ccc2c1. The van der Waals surface area contributed by atoms with Crippen LogP contribution in [0.3, 0.4) is 0 Å². The molecule has 3 rings (SSSR count). The van der Waals surface area contributed by atoms with E-state index in [4.69, 9.17) is 4.74 Å². The molecule has 0 spiro atoms. The third-order valence-corrected chi connectivity index (χ3v) is 5.84. The Morgan fingerprint density at radius 1 is 0.958 bits per heavy atom. The van der Waals surface area contributed by atoms with Crippen LogP contribution in [-0.4, -0.2) is 21.8 Å². The van der Waals surface area contributed by atoms with E-state index in [0.717, 1.165) is 21.4 Å². The monoisotopic (exact) mass is 359 g/mol. The van der Waals surface area contributed by atoms with E-state index < -0.39 is 10.0 Å². The largest absolute Gasteiger partial charge is 0.497 e. The minimum atomic E-state index is -3.65. The Kier molecular flexibility index (Phi) is 4.69. The van der Waals surface area contributed by atoms with E-state index in [1.165, 1.54) is 11.8 Å². The summed E-state index contributed by atoms with van der Waals surface area (Å²) in [5.74, 6) is 0.741. The quantitative estimate of drug-likeness (QED) is 0.687. The van der Waals surface area contributed by atoms with Gasteiger partial charge in [0.15, 0.2) is 0 Å². The van der Waals surface area contributed by atoms with E-state index in [1.54, 1.807) is 31.4 Å². The molecule has 0 aromatic heterocycles. The van der Waals surface area contributed by atoms with Crippen molar-refractivity contribution in [1.82, 2.24) is 0 Å². The molecule has 0 saturated heterocycles. The number of nitrogens with one attached hydrogen (secondary N) is 1. The number of sulfonamides is 1. The zero-order valence-corrected chi connectivity index (χ0v) is 14.9. The van der Waals surface area contributed by atoms with E-state index in [0.29, 0.717) is 5.69 Å². The molecule has 0 aliphatic heterocycles. The van der Waals surface area contributed by atoms with Gasteiger partial charge in [-0.2, -0.15) is 0 Å². The first-order valence-electron chi connectivity index (χ1n) is 7.27. The minimum Gasteiger partial charge on any atom is -0.497 e. The van der Waals surface area contributed by atoms with Crippen LogP contribution in [0.2, 0.25) is 0 Å². The van der Waals surface area contributed by atoms with Gasteiger partial charge in [0.2, 0.25) is 0 Å². The predicted molar refractivity (Wildman–Crippen MR) is 99.5 cm³/mol. The molecule has 4 nitrogen and oxygen atoms in total. The molecule has 0 aliphatic carbocycles. The first kappa shape index (κ1) is 16.7. The second-order valence-corrected chi connectivity index (χ2v) is 7.71. The molecule has 0 amide bonds. The lowest BCUT2D eigenvalue weighted by Gasteiger charge is -2.12. The van der Waals surface area contributed by atoms with Gasteiger partial charge in [-0.1, -0.05) is 24.3 Å². The van der Waals surface area contributed by atoms with Crippen molar-refractivity contribution in [1.29, 1.82) is 0 Å². The van der Waals surface area contributed by atoms with E-state index in [-0.39, 0.29) is 4.90 Å². The number of benzene rings is 3. The fourth-order valence-corrected chi connectivity index (χ4v) is 4.16. The van der Waals surface area contributed by atoms with Crippen molar-refractivity contribution in [2.45, 2.75) is 9.79 Å². The lowest BCUT2D eigenvalue weighted by Crippen LogP contribution is -2.13. The van der Waals surface area contributed by atoms with E-state index in [2.05, 4.69) is 4.72 Å². The number of fused-ring (bicyclic) bond motifs is 1. The summed E-state index contributed by atoms with van der Waals surface area (Å²) in [7, 11) is -2.04. The lowest BCUT2D eigenvalue weighted by atomic mass is 10.1. The first-order chi connectivity index (χ1) is 11.5. The number of anilines is 1. The lowest BCUT2D eigenvalue weighted by molar-refractivity contribution is 0.415. The van der Waals surface area contributed by atoms with Crippen LogP contribution < -0.4 is 9.46 Å². The molecular formula is C18H17NO3S2. The molecule has 0 heterocycles. The summed E-state index contributed by atoms with van der Waals surface area (Å²) < 4.78 is 33.2. The summed E-state index contributed by atoms with van der Waals surface area (Å²) in [5.41, 5.74) is 0.583. The Labute approximate surface area is 145 Å². The number of methoxy groups -OCH3 is 1. The molecule has 3 aromatic rings. The van der Waals surface area contributed by atoms with Gasteiger partial charge in [-0.05, 0) is 53.4 Å². The van der Waals surface area contributed by atoms with Crippen LogP contribution in [-0.2, 0) is 10.0 Å². The summed E-state index contributed by atoms with van der Waals surface area (Å²) >= 11 is 1.50. The van der Waals surface area contributed by atoms with Crippen molar-refractivity contribution in [2.24, 2.45) is 0 Å². The van der Waals surface area contributed by atoms with Crippen LogP contribution in [0.15, 0.2) is 70.5 Å². The van der Waals surface area contributed by atoms with Crippen molar-refractivity contribution in [3.8, 4) is 5.75 Å². The maximum Gasteiger partial charge on any atom is 0.261 e. The second kappa shape index (κ2) is 6.75. The molecule has 0 fully saturated rings. The zero-order chi connectivity index (χ0) is 17.2. The topological polar surface area (TPSA) is 55.4 Å². The Morgan fingerprint density at radius 3 is 2.42 bits per heavy atom. The minimum absolute atomic E-state index is 0.232. The molecular weight excluding hydrogens is 342 g/mol. The van der Waals surface area contributed by atoms with Gasteiger partial charge in [0.25, 0.3) is 10.0 Å². The molecule has 1 N–H and O–H groups in total. The van der Waals surface area contributed by atoms with E-state index >= 15 is 0 Å². The van der Waals surface area contributed by atoms with Crippen molar-refractivity contribution in [3.63, 3.8) is 0 Å². The van der Waals surface area contributed by atoms with Gasteiger partial charge in [-0.25, -0.2) is 8.42 Å². The maximum atomic E-state index is 12.7. The van der Waals surface area contributed by atoms with Gasteiger partial charge < -0.3 is 4.74 Å². The summed E-state index contributed by atoms with van der Waals surface area (Å²) in [6, 6.07) is 17.9. The number of para-hydroxylation sites is 1. The van der Waals surface area contributed by atoms with Gasteiger partial charge in [-0.15, -0.1) is 11.8 Å². The highest BCUT2D eigenvalue weighted by Crippen LogP contribution is 2.28. The fourth-order valence-electron chi connectivity index (χ4n) is 2.43. The third-order valence-electron chi connectivity index (χ3n) is 3.68. The molecule has 0 atom stereocenters. The molecule has 0 radical (unpaired) electrons. The van der Waals surface area contributed by atoms with Gasteiger partial charge in [0, 0.05) is 4.90 Å². The highest BCUT2D eigenvalue weighted by molar-refractivity contribution is 7.99. The Balaban J connectivity index is 1.99. The fraction of sp³-hybridized carbons (Fsp3) is 0.111. The van der Waals surface area contributed by atoms with Gasteiger partial charge in [0.1, 0.15) is 5.75 Å². The summed E-state index contributed by atoms with van der Waals surface area (Å²) in [5, 5.41) is 1.77. The van der Waals surface area contributed by atoms with Crippen LogP contribution >= 0.6 is 11.8 Å². The molecule has 6 heteroatoms. The van der Waals surface area contributed by atoms with Gasteiger partial charge >= 0.3 is 0 Å². The molecule has 24 heavy (non-hydrogen) atoms. The van der Waals surface area contributed by atoms with Crippen LogP contribution in [0, 0.1) is 0 Å². The van der Waals surface area contributed by atoms with Crippen LogP contribution in [0.1, 0.15) is 0 Å². The summed E-state index contributed by atoms with van der Waals surface area (Å²) in [6.07, 6.45) is 1.91. The first-order valence-corrected chi connectivity index (χ1v) is 9.98. The highest BCUT2D eigenvalue weighted by atomic mass is 32.2. The standard InChI is InChI=1S/C18H17NO3S2/c1-22-15-9-7-14-12-16(10-8-13(14)11-15)24(20,21)19-17-5-3-4-6-18(17)23-2/h3-12,19H,1-2H3. The van der Waals surface area contributed by atoms with Crippen LogP contribution in [0.25, 0.3) is 10.8 Å². The second-order valence-electron chi connectivity index (χ2n) is 5.18. The van der Waals surface area contributed by atoms with Crippen molar-refractivity contribution in [2.75, 3.05) is 18.1 Å². The van der Waals surface area contributed by atoms with E-state index in [9.17, 15) is 8.42 Å². The highest BCUT2D eigenvalue weighted by Gasteiger charge is 2.16. The Morgan fingerprint density at radius 2 is 1.67 bits per heavy atom. The number of hydrogen-bond acceptors (Lipinski definition) is 4. The Hall–Kier alpha value is -2.18. The van der Waals surface area contributed by atoms with E-state index in [1.807, 2.05) is 42.7 Å². The smallest absolute Gasteiger partial charge is 0.261 e. The molecule has 124 valence electrons. The number of ether oxygens (including phenoxy) is 1. The van der Waals surface area contributed by atoms with Crippen LogP contribution in [0.5, 0.6) is 5.75 Å². The number of rotatable bonds is 5. The zero-order valence-electron chi connectivity index (χ0n) is 13.3.